The van der Waals surface area contributed by atoms with E-state index in [1.54, 1.807) is 0 Å². The Bertz CT molecular complexity index is 273. The first-order valence-corrected chi connectivity index (χ1v) is 8.80. The summed E-state index contributed by atoms with van der Waals surface area (Å²) in [5, 5.41) is 3.65. The molecule has 118 valence electrons. The fourth-order valence-electron chi connectivity index (χ4n) is 4.23. The monoisotopic (exact) mass is 281 g/mol. The molecule has 2 rings (SSSR count). The fraction of sp³-hybridized carbons (Fsp3) is 1.00. The summed E-state index contributed by atoms with van der Waals surface area (Å²) in [6.07, 6.45) is 11.1. The zero-order valence-corrected chi connectivity index (χ0v) is 14.0. The largest absolute Gasteiger partial charge is 0.314 e. The molecule has 20 heavy (non-hydrogen) atoms. The van der Waals surface area contributed by atoms with Gasteiger partial charge in [0.1, 0.15) is 0 Å². The number of nitrogens with one attached hydrogen (secondary N) is 1. The molecule has 0 aromatic carbocycles. The van der Waals surface area contributed by atoms with Gasteiger partial charge in [-0.3, -0.25) is 4.90 Å². The van der Waals surface area contributed by atoms with Gasteiger partial charge in [-0.15, -0.1) is 0 Å². The molecule has 1 unspecified atom stereocenters. The summed E-state index contributed by atoms with van der Waals surface area (Å²) in [5.74, 6) is 0. The van der Waals surface area contributed by atoms with Gasteiger partial charge in [0, 0.05) is 18.1 Å². The van der Waals surface area contributed by atoms with Crippen LogP contribution in [0.3, 0.4) is 0 Å². The Morgan fingerprint density at radius 1 is 1.20 bits per heavy atom. The fourth-order valence-corrected chi connectivity index (χ4v) is 4.23. The third kappa shape index (κ3) is 4.19. The molecule has 3 nitrogen and oxygen atoms in total. The summed E-state index contributed by atoms with van der Waals surface area (Å²) in [7, 11) is 4.49. The lowest BCUT2D eigenvalue weighted by Crippen LogP contribution is -2.47. The predicted octanol–water partition coefficient (Wildman–Crippen LogP) is 2.71. The standard InChI is InChI=1S/C17H35N3/c1-4-20-13-8-9-16(20)15-19(3)14-12-17(18-2)10-6-5-7-11-17/h16,18H,4-15H2,1-3H3. The van der Waals surface area contributed by atoms with Gasteiger partial charge in [0.2, 0.25) is 0 Å². The first kappa shape index (κ1) is 16.3. The molecule has 0 amide bonds. The highest BCUT2D eigenvalue weighted by Crippen LogP contribution is 2.30. The molecule has 1 aliphatic carbocycles. The molecule has 1 heterocycles. The van der Waals surface area contributed by atoms with Crippen molar-refractivity contribution in [1.29, 1.82) is 0 Å². The van der Waals surface area contributed by atoms with Gasteiger partial charge in [-0.25, -0.2) is 0 Å². The van der Waals surface area contributed by atoms with E-state index in [2.05, 4.69) is 36.1 Å². The average molecular weight is 281 g/mol. The summed E-state index contributed by atoms with van der Waals surface area (Å²) in [5.41, 5.74) is 0.437. The van der Waals surface area contributed by atoms with Crippen LogP contribution in [0.25, 0.3) is 0 Å². The van der Waals surface area contributed by atoms with Crippen LogP contribution in [0.4, 0.5) is 0 Å². The second kappa shape index (κ2) is 7.77. The highest BCUT2D eigenvalue weighted by atomic mass is 15.2. The minimum Gasteiger partial charge on any atom is -0.314 e. The van der Waals surface area contributed by atoms with Crippen LogP contribution in [0, 0.1) is 0 Å². The predicted molar refractivity (Wildman–Crippen MR) is 87.3 cm³/mol. The Morgan fingerprint density at radius 2 is 1.95 bits per heavy atom. The van der Waals surface area contributed by atoms with Crippen molar-refractivity contribution < 1.29 is 0 Å². The van der Waals surface area contributed by atoms with Gasteiger partial charge in [0.15, 0.2) is 0 Å². The van der Waals surface area contributed by atoms with Crippen LogP contribution in [0.1, 0.15) is 58.3 Å². The molecule has 1 saturated heterocycles. The highest BCUT2D eigenvalue weighted by Gasteiger charge is 2.30. The van der Waals surface area contributed by atoms with Crippen molar-refractivity contribution >= 4 is 0 Å². The quantitative estimate of drug-likeness (QED) is 0.774. The Hall–Kier alpha value is -0.120. The summed E-state index contributed by atoms with van der Waals surface area (Å²) >= 11 is 0. The Kier molecular flexibility index (Phi) is 6.31. The first-order valence-electron chi connectivity index (χ1n) is 8.80. The average Bonchev–Trinajstić information content (AvgIpc) is 2.93. The van der Waals surface area contributed by atoms with Crippen molar-refractivity contribution in [3.63, 3.8) is 0 Å². The summed E-state index contributed by atoms with van der Waals surface area (Å²) in [6.45, 7) is 7.34. The van der Waals surface area contributed by atoms with Crippen molar-refractivity contribution in [2.24, 2.45) is 0 Å². The van der Waals surface area contributed by atoms with E-state index in [9.17, 15) is 0 Å². The number of hydrogen-bond acceptors (Lipinski definition) is 3. The van der Waals surface area contributed by atoms with E-state index in [-0.39, 0.29) is 0 Å². The summed E-state index contributed by atoms with van der Waals surface area (Å²) in [6, 6.07) is 0.807. The summed E-state index contributed by atoms with van der Waals surface area (Å²) in [4.78, 5) is 5.23. The van der Waals surface area contributed by atoms with Gasteiger partial charge in [-0.2, -0.15) is 0 Å². The molecule has 1 atom stereocenters. The Morgan fingerprint density at radius 3 is 2.60 bits per heavy atom. The van der Waals surface area contributed by atoms with Crippen molar-refractivity contribution in [2.75, 3.05) is 40.3 Å². The minimum absolute atomic E-state index is 0.437. The van der Waals surface area contributed by atoms with Crippen LogP contribution < -0.4 is 5.32 Å². The number of nitrogens with zero attached hydrogens (tertiary/aromatic N) is 2. The van der Waals surface area contributed by atoms with Gasteiger partial charge < -0.3 is 10.2 Å². The molecular formula is C17H35N3. The SMILES string of the molecule is CCN1CCCC1CN(C)CCC1(NC)CCCCC1. The molecular weight excluding hydrogens is 246 g/mol. The zero-order chi connectivity index (χ0) is 14.4. The maximum absolute atomic E-state index is 3.65. The first-order chi connectivity index (χ1) is 9.69. The van der Waals surface area contributed by atoms with Crippen molar-refractivity contribution in [1.82, 2.24) is 15.1 Å². The second-order valence-corrected chi connectivity index (χ2v) is 7.03. The molecule has 3 heteroatoms. The van der Waals surface area contributed by atoms with Crippen LogP contribution in [0.5, 0.6) is 0 Å². The lowest BCUT2D eigenvalue weighted by molar-refractivity contribution is 0.165. The second-order valence-electron chi connectivity index (χ2n) is 7.03. The van der Waals surface area contributed by atoms with Gasteiger partial charge in [-0.05, 0) is 65.8 Å². The van der Waals surface area contributed by atoms with Crippen molar-refractivity contribution in [3.05, 3.63) is 0 Å². The lowest BCUT2D eigenvalue weighted by atomic mass is 9.79. The molecule has 0 bridgehead atoms. The lowest BCUT2D eigenvalue weighted by Gasteiger charge is -2.39. The van der Waals surface area contributed by atoms with E-state index in [4.69, 9.17) is 0 Å². The Balaban J connectivity index is 1.75. The normalized spacial score (nSPS) is 27.3. The minimum atomic E-state index is 0.437. The highest BCUT2D eigenvalue weighted by molar-refractivity contribution is 4.90. The van der Waals surface area contributed by atoms with Gasteiger partial charge in [-0.1, -0.05) is 26.2 Å². The maximum Gasteiger partial charge on any atom is 0.0223 e. The van der Waals surface area contributed by atoms with E-state index in [0.29, 0.717) is 5.54 Å². The van der Waals surface area contributed by atoms with E-state index in [1.807, 2.05) is 0 Å². The summed E-state index contributed by atoms with van der Waals surface area (Å²) < 4.78 is 0. The molecule has 1 N–H and O–H groups in total. The molecule has 0 radical (unpaired) electrons. The maximum atomic E-state index is 3.65. The van der Waals surface area contributed by atoms with Crippen LogP contribution >= 0.6 is 0 Å². The smallest absolute Gasteiger partial charge is 0.0223 e. The van der Waals surface area contributed by atoms with Crippen LogP contribution in [-0.2, 0) is 0 Å². The van der Waals surface area contributed by atoms with Crippen LogP contribution in [0.2, 0.25) is 0 Å². The number of rotatable bonds is 7. The molecule has 2 aliphatic rings. The van der Waals surface area contributed by atoms with Crippen LogP contribution in [-0.4, -0.2) is 61.7 Å². The van der Waals surface area contributed by atoms with Gasteiger partial charge in [0.05, 0.1) is 0 Å². The molecule has 0 aromatic rings. The zero-order valence-electron chi connectivity index (χ0n) is 14.0. The number of likely N-dealkylation sites (N-methyl/N-ethyl adjacent to an activating group) is 2. The van der Waals surface area contributed by atoms with E-state index in [0.717, 1.165) is 6.04 Å². The topological polar surface area (TPSA) is 18.5 Å². The number of likely N-dealkylation sites (tertiary alicyclic amines) is 1. The Labute approximate surface area is 126 Å². The van der Waals surface area contributed by atoms with Gasteiger partial charge in [0.25, 0.3) is 0 Å². The van der Waals surface area contributed by atoms with E-state index in [1.165, 1.54) is 77.5 Å². The van der Waals surface area contributed by atoms with Gasteiger partial charge >= 0.3 is 0 Å². The van der Waals surface area contributed by atoms with Crippen molar-refractivity contribution in [3.8, 4) is 0 Å². The van der Waals surface area contributed by atoms with Crippen LogP contribution in [0.15, 0.2) is 0 Å². The molecule has 0 aromatic heterocycles. The molecule has 0 spiro atoms. The number of hydrogen-bond donors (Lipinski definition) is 1. The third-order valence-electron chi connectivity index (χ3n) is 5.74. The van der Waals surface area contributed by atoms with E-state index < -0.39 is 0 Å². The third-order valence-corrected chi connectivity index (χ3v) is 5.74. The van der Waals surface area contributed by atoms with E-state index >= 15 is 0 Å². The molecule has 2 fully saturated rings. The molecule has 1 aliphatic heterocycles. The molecule has 1 saturated carbocycles. The van der Waals surface area contributed by atoms with Crippen molar-refractivity contribution in [2.45, 2.75) is 69.9 Å².